The van der Waals surface area contributed by atoms with Gasteiger partial charge in [-0.2, -0.15) is 18.3 Å². The second-order valence-electron chi connectivity index (χ2n) is 6.14. The van der Waals surface area contributed by atoms with Gasteiger partial charge in [0.05, 0.1) is 23.5 Å². The molecule has 0 aliphatic carbocycles. The summed E-state index contributed by atoms with van der Waals surface area (Å²) in [7, 11) is 0. The number of rotatable bonds is 5. The van der Waals surface area contributed by atoms with Gasteiger partial charge < -0.3 is 15.2 Å². The summed E-state index contributed by atoms with van der Waals surface area (Å²) in [5.41, 5.74) is 2.30. The number of benzene rings is 1. The Labute approximate surface area is 176 Å². The Hall–Kier alpha value is -2.83. The van der Waals surface area contributed by atoms with E-state index in [0.29, 0.717) is 16.9 Å². The van der Waals surface area contributed by atoms with Crippen LogP contribution in [-0.2, 0) is 0 Å². The van der Waals surface area contributed by atoms with E-state index in [-0.39, 0.29) is 30.4 Å². The van der Waals surface area contributed by atoms with Crippen molar-refractivity contribution in [2.45, 2.75) is 26.1 Å². The third kappa shape index (κ3) is 5.16. The zero-order chi connectivity index (χ0) is 20.5. The molecule has 0 bridgehead atoms. The van der Waals surface area contributed by atoms with Gasteiger partial charge in [0.15, 0.2) is 0 Å². The molecule has 3 rings (SSSR count). The van der Waals surface area contributed by atoms with Gasteiger partial charge in [-0.1, -0.05) is 24.3 Å². The summed E-state index contributed by atoms with van der Waals surface area (Å²) >= 11 is 0. The monoisotopic (exact) mass is 397 g/mol. The Morgan fingerprint density at radius 3 is 2.45 bits per heavy atom. The normalized spacial score (nSPS) is 12.2. The fourth-order valence-electron chi connectivity index (χ4n) is 2.45. The summed E-state index contributed by atoms with van der Waals surface area (Å²) < 4.78 is 39.2. The van der Waals surface area contributed by atoms with Crippen LogP contribution in [0, 0.1) is 6.92 Å². The number of aromatic carboxylic acids is 1. The number of nitrogens with one attached hydrogen (secondary N) is 1. The maximum atomic E-state index is 12.8. The van der Waals surface area contributed by atoms with Gasteiger partial charge in [-0.3, -0.25) is 4.68 Å². The van der Waals surface area contributed by atoms with Crippen molar-refractivity contribution >= 4 is 17.6 Å². The number of anilines is 2. The number of carboxylic acids is 1. The van der Waals surface area contributed by atoms with E-state index in [1.165, 1.54) is 24.5 Å². The molecule has 0 saturated carbocycles. The molecule has 0 fully saturated rings. The van der Waals surface area contributed by atoms with Gasteiger partial charge in [0, 0.05) is 18.0 Å². The predicted octanol–water partition coefficient (Wildman–Crippen LogP) is -0.117. The standard InChI is InChI=1S/C18H16F3N5O2.Li/c1-10-7-22-17(24-14-8-23-26(9-14)11(2)18(19,20)21)25-15(10)12-3-5-13(6-4-12)16(27)28;/h3-9,11H,1-2H3,(H,27,28)(H,22,24,25);/q;+1/p-1/t11-;/m1./s1. The summed E-state index contributed by atoms with van der Waals surface area (Å²) in [5, 5.41) is 17.4. The Kier molecular flexibility index (Phi) is 6.72. The van der Waals surface area contributed by atoms with E-state index >= 15 is 0 Å². The minimum Gasteiger partial charge on any atom is -0.545 e. The molecule has 7 nitrogen and oxygen atoms in total. The minimum atomic E-state index is -4.41. The summed E-state index contributed by atoms with van der Waals surface area (Å²) in [6.07, 6.45) is -0.385. The number of aryl methyl sites for hydroxylation is 1. The van der Waals surface area contributed by atoms with Gasteiger partial charge in [-0.15, -0.1) is 0 Å². The summed E-state index contributed by atoms with van der Waals surface area (Å²) in [6, 6.07) is 4.23. The molecular formula is C18H15F3LiN5O2. The van der Waals surface area contributed by atoms with E-state index in [1.807, 2.05) is 0 Å². The van der Waals surface area contributed by atoms with Gasteiger partial charge in [-0.05, 0) is 25.0 Å². The number of hydrogen-bond donors (Lipinski definition) is 1. The molecule has 0 aliphatic heterocycles. The maximum absolute atomic E-state index is 12.8. The Morgan fingerprint density at radius 1 is 1.21 bits per heavy atom. The van der Waals surface area contributed by atoms with Crippen LogP contribution in [0.25, 0.3) is 11.3 Å². The van der Waals surface area contributed by atoms with Gasteiger partial charge in [-0.25, -0.2) is 9.97 Å². The number of carbonyl (C=O) groups is 1. The van der Waals surface area contributed by atoms with Crippen molar-refractivity contribution < 1.29 is 41.9 Å². The van der Waals surface area contributed by atoms with Crippen LogP contribution in [0.4, 0.5) is 24.8 Å². The van der Waals surface area contributed by atoms with Crippen LogP contribution in [0.2, 0.25) is 0 Å². The first kappa shape index (κ1) is 22.5. The Balaban J connectivity index is 0.00000300. The number of aromatic nitrogens is 4. The predicted molar refractivity (Wildman–Crippen MR) is 92.8 cm³/mol. The van der Waals surface area contributed by atoms with Crippen LogP contribution in [-0.4, -0.2) is 31.9 Å². The molecule has 146 valence electrons. The Morgan fingerprint density at radius 2 is 1.86 bits per heavy atom. The fourth-order valence-corrected chi connectivity index (χ4v) is 2.45. The second kappa shape index (κ2) is 8.67. The molecule has 1 N–H and O–H groups in total. The molecule has 2 heterocycles. The first-order valence-corrected chi connectivity index (χ1v) is 8.18. The number of carboxylic acid groups (broad SMARTS) is 1. The van der Waals surface area contributed by atoms with Crippen LogP contribution in [0.5, 0.6) is 0 Å². The first-order valence-electron chi connectivity index (χ1n) is 8.18. The van der Waals surface area contributed by atoms with Crippen molar-refractivity contribution in [1.82, 2.24) is 19.7 Å². The average molecular weight is 397 g/mol. The third-order valence-corrected chi connectivity index (χ3v) is 4.09. The van der Waals surface area contributed by atoms with Crippen LogP contribution in [0.15, 0.2) is 42.9 Å². The zero-order valence-corrected chi connectivity index (χ0v) is 15.9. The van der Waals surface area contributed by atoms with Crippen molar-refractivity contribution in [3.8, 4) is 11.3 Å². The van der Waals surface area contributed by atoms with E-state index in [4.69, 9.17) is 0 Å². The van der Waals surface area contributed by atoms with Crippen molar-refractivity contribution in [2.24, 2.45) is 0 Å². The summed E-state index contributed by atoms with van der Waals surface area (Å²) in [4.78, 5) is 19.4. The summed E-state index contributed by atoms with van der Waals surface area (Å²) in [5.74, 6) is -1.11. The summed E-state index contributed by atoms with van der Waals surface area (Å²) in [6.45, 7) is 2.79. The van der Waals surface area contributed by atoms with Crippen LogP contribution < -0.4 is 29.3 Å². The van der Waals surface area contributed by atoms with Crippen molar-refractivity contribution in [2.75, 3.05) is 5.32 Å². The third-order valence-electron chi connectivity index (χ3n) is 4.09. The number of alkyl halides is 3. The maximum Gasteiger partial charge on any atom is 1.00 e. The molecule has 11 heteroatoms. The van der Waals surface area contributed by atoms with Gasteiger partial charge in [0.25, 0.3) is 0 Å². The quantitative estimate of drug-likeness (QED) is 0.604. The smallest absolute Gasteiger partial charge is 0.545 e. The number of hydrogen-bond acceptors (Lipinski definition) is 6. The van der Waals surface area contributed by atoms with Gasteiger partial charge in [0.2, 0.25) is 5.95 Å². The molecule has 2 aromatic heterocycles. The zero-order valence-electron chi connectivity index (χ0n) is 15.9. The van der Waals surface area contributed by atoms with Crippen LogP contribution in [0.1, 0.15) is 28.9 Å². The molecule has 1 aromatic carbocycles. The molecule has 0 amide bonds. The Bertz CT molecular complexity index is 1010. The topological polar surface area (TPSA) is 95.8 Å². The largest absolute Gasteiger partial charge is 1.00 e. The molecular weight excluding hydrogens is 382 g/mol. The molecule has 0 aliphatic rings. The van der Waals surface area contributed by atoms with E-state index in [1.54, 1.807) is 25.3 Å². The second-order valence-corrected chi connectivity index (χ2v) is 6.14. The van der Waals surface area contributed by atoms with Crippen LogP contribution >= 0.6 is 0 Å². The van der Waals surface area contributed by atoms with Crippen molar-refractivity contribution in [1.29, 1.82) is 0 Å². The van der Waals surface area contributed by atoms with E-state index in [0.717, 1.165) is 17.2 Å². The minimum absolute atomic E-state index is 0. The van der Waals surface area contributed by atoms with Crippen molar-refractivity contribution in [3.05, 3.63) is 54.0 Å². The molecule has 1 atom stereocenters. The first-order chi connectivity index (χ1) is 13.1. The number of carbonyl (C=O) groups excluding carboxylic acids is 1. The molecule has 3 aromatic rings. The fraction of sp³-hybridized carbons (Fsp3) is 0.222. The van der Waals surface area contributed by atoms with E-state index in [2.05, 4.69) is 20.4 Å². The van der Waals surface area contributed by atoms with Crippen LogP contribution in [0.3, 0.4) is 0 Å². The molecule has 0 spiro atoms. The number of nitrogens with zero attached hydrogens (tertiary/aromatic N) is 4. The molecule has 29 heavy (non-hydrogen) atoms. The van der Waals surface area contributed by atoms with E-state index < -0.39 is 18.2 Å². The average Bonchev–Trinajstić information content (AvgIpc) is 3.10. The molecule has 0 radical (unpaired) electrons. The SMILES string of the molecule is Cc1cnc(Nc2cnn([C@H](C)C(F)(F)F)c2)nc1-c1ccc(C(=O)[O-])cc1.[Li+]. The van der Waals surface area contributed by atoms with Gasteiger partial charge >= 0.3 is 25.0 Å². The van der Waals surface area contributed by atoms with Crippen molar-refractivity contribution in [3.63, 3.8) is 0 Å². The molecule has 0 unspecified atom stereocenters. The number of halogens is 3. The molecule has 0 saturated heterocycles. The van der Waals surface area contributed by atoms with E-state index in [9.17, 15) is 23.1 Å². The van der Waals surface area contributed by atoms with Gasteiger partial charge in [0.1, 0.15) is 6.04 Å².